The molecule has 0 bridgehead atoms. The van der Waals surface area contributed by atoms with E-state index in [1.54, 1.807) is 11.3 Å². The van der Waals surface area contributed by atoms with E-state index in [2.05, 4.69) is 57.5 Å². The van der Waals surface area contributed by atoms with Crippen molar-refractivity contribution in [1.29, 1.82) is 0 Å². The molecule has 2 aromatic heterocycles. The van der Waals surface area contributed by atoms with Crippen LogP contribution in [0.25, 0.3) is 10.9 Å². The molecule has 0 aliphatic carbocycles. The van der Waals surface area contributed by atoms with Gasteiger partial charge in [0, 0.05) is 11.1 Å². The minimum Gasteiger partial charge on any atom is -0.309 e. The fourth-order valence-electron chi connectivity index (χ4n) is 2.39. The van der Waals surface area contributed by atoms with Gasteiger partial charge in [-0.05, 0) is 60.1 Å². The predicted molar refractivity (Wildman–Crippen MR) is 81.7 cm³/mol. The number of hydrogen-bond acceptors (Lipinski definition) is 3. The van der Waals surface area contributed by atoms with Gasteiger partial charge < -0.3 is 5.32 Å². The Morgan fingerprint density at radius 2 is 2.00 bits per heavy atom. The maximum atomic E-state index is 4.55. The van der Waals surface area contributed by atoms with Crippen LogP contribution in [0.15, 0.2) is 47.2 Å². The Morgan fingerprint density at radius 3 is 2.74 bits per heavy atom. The molecule has 0 saturated carbocycles. The zero-order chi connectivity index (χ0) is 13.2. The maximum absolute atomic E-state index is 4.55. The molecule has 0 radical (unpaired) electrons. The average Bonchev–Trinajstić information content (AvgIpc) is 2.93. The molecule has 0 spiro atoms. The number of aromatic nitrogens is 1. The zero-order valence-corrected chi connectivity index (χ0v) is 11.9. The number of nitrogens with zero attached hydrogens (tertiary/aromatic N) is 1. The average molecular weight is 268 g/mol. The molecule has 3 rings (SSSR count). The van der Waals surface area contributed by atoms with Gasteiger partial charge in [-0.25, -0.2) is 0 Å². The molecule has 0 fully saturated rings. The summed E-state index contributed by atoms with van der Waals surface area (Å²) in [6.45, 7) is 2.02. The van der Waals surface area contributed by atoms with Crippen molar-refractivity contribution in [2.24, 2.45) is 0 Å². The van der Waals surface area contributed by atoms with E-state index in [1.807, 2.05) is 14.0 Å². The third-order valence-corrected chi connectivity index (χ3v) is 4.05. The number of hydrogen-bond donors (Lipinski definition) is 1. The van der Waals surface area contributed by atoms with Crippen LogP contribution < -0.4 is 5.32 Å². The number of pyridine rings is 1. The number of fused-ring (bicyclic) bond motifs is 1. The highest BCUT2D eigenvalue weighted by molar-refractivity contribution is 7.08. The number of nitrogens with one attached hydrogen (secondary N) is 1. The number of benzene rings is 1. The second kappa shape index (κ2) is 5.11. The summed E-state index contributed by atoms with van der Waals surface area (Å²) in [4.78, 5) is 4.55. The van der Waals surface area contributed by atoms with Gasteiger partial charge in [0.2, 0.25) is 0 Å². The van der Waals surface area contributed by atoms with E-state index in [0.29, 0.717) is 0 Å². The maximum Gasteiger partial charge on any atom is 0.0705 e. The largest absolute Gasteiger partial charge is 0.309 e. The van der Waals surface area contributed by atoms with E-state index in [4.69, 9.17) is 0 Å². The van der Waals surface area contributed by atoms with Crippen LogP contribution in [-0.4, -0.2) is 12.0 Å². The van der Waals surface area contributed by atoms with E-state index in [-0.39, 0.29) is 6.04 Å². The number of rotatable bonds is 3. The number of aryl methyl sites for hydroxylation is 1. The van der Waals surface area contributed by atoms with Crippen LogP contribution in [0.1, 0.15) is 22.9 Å². The van der Waals surface area contributed by atoms with Crippen LogP contribution in [0, 0.1) is 6.92 Å². The highest BCUT2D eigenvalue weighted by Gasteiger charge is 2.12. The first kappa shape index (κ1) is 12.3. The number of thiophene rings is 1. The molecule has 1 aromatic carbocycles. The van der Waals surface area contributed by atoms with Crippen LogP contribution >= 0.6 is 11.3 Å². The normalized spacial score (nSPS) is 12.7. The van der Waals surface area contributed by atoms with Crippen LogP contribution in [0.2, 0.25) is 0 Å². The lowest BCUT2D eigenvalue weighted by Gasteiger charge is -2.16. The molecule has 0 aliphatic heterocycles. The fourth-order valence-corrected chi connectivity index (χ4v) is 3.08. The molecular weight excluding hydrogens is 252 g/mol. The Labute approximate surface area is 117 Å². The molecular formula is C16H16N2S. The van der Waals surface area contributed by atoms with Gasteiger partial charge in [0.1, 0.15) is 0 Å². The molecule has 96 valence electrons. The molecule has 3 heteroatoms. The molecule has 3 aromatic rings. The van der Waals surface area contributed by atoms with Crippen molar-refractivity contribution in [3.63, 3.8) is 0 Å². The zero-order valence-electron chi connectivity index (χ0n) is 11.1. The molecule has 1 N–H and O–H groups in total. The molecule has 0 saturated heterocycles. The van der Waals surface area contributed by atoms with E-state index >= 15 is 0 Å². The Bertz CT molecular complexity index is 689. The van der Waals surface area contributed by atoms with Gasteiger partial charge in [-0.2, -0.15) is 11.3 Å². The van der Waals surface area contributed by atoms with Crippen molar-refractivity contribution in [1.82, 2.24) is 10.3 Å². The third-order valence-electron chi connectivity index (χ3n) is 3.35. The van der Waals surface area contributed by atoms with Gasteiger partial charge >= 0.3 is 0 Å². The predicted octanol–water partition coefficient (Wildman–Crippen LogP) is 3.91. The standard InChI is InChI=1S/C16H16N2S/c1-11-3-4-12-9-13(5-6-15(12)18-11)16(17-2)14-7-8-19-10-14/h3-10,16-17H,1-2H3. The summed E-state index contributed by atoms with van der Waals surface area (Å²) in [7, 11) is 2.00. The molecule has 2 nitrogen and oxygen atoms in total. The van der Waals surface area contributed by atoms with Crippen molar-refractivity contribution >= 4 is 22.2 Å². The van der Waals surface area contributed by atoms with Gasteiger partial charge in [0.25, 0.3) is 0 Å². The van der Waals surface area contributed by atoms with Crippen LogP contribution in [-0.2, 0) is 0 Å². The summed E-state index contributed by atoms with van der Waals surface area (Å²) in [5.74, 6) is 0. The van der Waals surface area contributed by atoms with Crippen LogP contribution in [0.4, 0.5) is 0 Å². The van der Waals surface area contributed by atoms with Gasteiger partial charge in [0.15, 0.2) is 0 Å². The molecule has 0 aliphatic rings. The van der Waals surface area contributed by atoms with Gasteiger partial charge in [-0.15, -0.1) is 0 Å². The quantitative estimate of drug-likeness (QED) is 0.779. The minimum absolute atomic E-state index is 0.247. The highest BCUT2D eigenvalue weighted by atomic mass is 32.1. The van der Waals surface area contributed by atoms with E-state index in [1.165, 1.54) is 16.5 Å². The van der Waals surface area contributed by atoms with Gasteiger partial charge in [-0.1, -0.05) is 12.1 Å². The second-order valence-electron chi connectivity index (χ2n) is 4.68. The van der Waals surface area contributed by atoms with Crippen LogP contribution in [0.5, 0.6) is 0 Å². The lowest BCUT2D eigenvalue weighted by molar-refractivity contribution is 0.695. The Hall–Kier alpha value is -1.71. The van der Waals surface area contributed by atoms with E-state index in [0.717, 1.165) is 11.2 Å². The van der Waals surface area contributed by atoms with Gasteiger partial charge in [-0.3, -0.25) is 4.98 Å². The smallest absolute Gasteiger partial charge is 0.0705 e. The minimum atomic E-state index is 0.247. The van der Waals surface area contributed by atoms with Gasteiger partial charge in [0.05, 0.1) is 11.6 Å². The van der Waals surface area contributed by atoms with Crippen molar-refractivity contribution in [3.05, 3.63) is 64.0 Å². The third kappa shape index (κ3) is 2.39. The first-order chi connectivity index (χ1) is 9.28. The summed E-state index contributed by atoms with van der Waals surface area (Å²) in [6, 6.07) is 13.1. The summed E-state index contributed by atoms with van der Waals surface area (Å²) >= 11 is 1.73. The van der Waals surface area contributed by atoms with Crippen molar-refractivity contribution in [3.8, 4) is 0 Å². The van der Waals surface area contributed by atoms with Crippen molar-refractivity contribution in [2.45, 2.75) is 13.0 Å². The summed E-state index contributed by atoms with van der Waals surface area (Å²) in [5.41, 5.74) is 4.71. The molecule has 0 amide bonds. The Kier molecular flexibility index (Phi) is 3.32. The lowest BCUT2D eigenvalue weighted by atomic mass is 9.99. The summed E-state index contributed by atoms with van der Waals surface area (Å²) < 4.78 is 0. The summed E-state index contributed by atoms with van der Waals surface area (Å²) in [6.07, 6.45) is 0. The Morgan fingerprint density at radius 1 is 1.11 bits per heavy atom. The fraction of sp³-hybridized carbons (Fsp3) is 0.188. The topological polar surface area (TPSA) is 24.9 Å². The Balaban J connectivity index is 2.07. The first-order valence-corrected chi connectivity index (χ1v) is 7.29. The monoisotopic (exact) mass is 268 g/mol. The second-order valence-corrected chi connectivity index (χ2v) is 5.46. The molecule has 1 unspecified atom stereocenters. The molecule has 2 heterocycles. The lowest BCUT2D eigenvalue weighted by Crippen LogP contribution is -2.16. The molecule has 1 atom stereocenters. The van der Waals surface area contributed by atoms with Crippen molar-refractivity contribution < 1.29 is 0 Å². The summed E-state index contributed by atoms with van der Waals surface area (Å²) in [5, 5.41) is 8.89. The van der Waals surface area contributed by atoms with E-state index < -0.39 is 0 Å². The van der Waals surface area contributed by atoms with Crippen LogP contribution in [0.3, 0.4) is 0 Å². The van der Waals surface area contributed by atoms with E-state index in [9.17, 15) is 0 Å². The van der Waals surface area contributed by atoms with Crippen molar-refractivity contribution in [2.75, 3.05) is 7.05 Å². The first-order valence-electron chi connectivity index (χ1n) is 6.34. The SMILES string of the molecule is CNC(c1ccsc1)c1ccc2nc(C)ccc2c1. The molecule has 19 heavy (non-hydrogen) atoms. The highest BCUT2D eigenvalue weighted by Crippen LogP contribution is 2.26.